The molecule has 1 aromatic heterocycles. The zero-order valence-corrected chi connectivity index (χ0v) is 15.0. The van der Waals surface area contributed by atoms with Crippen molar-refractivity contribution in [1.29, 1.82) is 0 Å². The Kier molecular flexibility index (Phi) is 4.20. The highest BCUT2D eigenvalue weighted by atomic mass is 79.9. The smallest absolute Gasteiger partial charge is 0.277 e. The Morgan fingerprint density at radius 2 is 2.04 bits per heavy atom. The van der Waals surface area contributed by atoms with Gasteiger partial charge in [0.1, 0.15) is 11.1 Å². The Morgan fingerprint density at radius 1 is 1.26 bits per heavy atom. The van der Waals surface area contributed by atoms with E-state index < -0.39 is 0 Å². The van der Waals surface area contributed by atoms with Gasteiger partial charge >= 0.3 is 0 Å². The number of thioether (sulfide) groups is 1. The maximum Gasteiger partial charge on any atom is 0.277 e. The van der Waals surface area contributed by atoms with Gasteiger partial charge in [-0.2, -0.15) is 0 Å². The van der Waals surface area contributed by atoms with Crippen LogP contribution in [0.4, 0.5) is 0 Å². The Morgan fingerprint density at radius 3 is 2.87 bits per heavy atom. The third-order valence-electron chi connectivity index (χ3n) is 4.46. The summed E-state index contributed by atoms with van der Waals surface area (Å²) in [5, 5.41) is 4.16. The highest BCUT2D eigenvalue weighted by Gasteiger charge is 2.35. The van der Waals surface area contributed by atoms with E-state index in [1.807, 2.05) is 17.0 Å². The van der Waals surface area contributed by atoms with Crippen LogP contribution in [0.2, 0.25) is 0 Å². The monoisotopic (exact) mass is 392 g/mol. The highest BCUT2D eigenvalue weighted by Crippen LogP contribution is 2.39. The van der Waals surface area contributed by atoms with Gasteiger partial charge in [-0.3, -0.25) is 4.79 Å². The number of amides is 1. The fourth-order valence-electron chi connectivity index (χ4n) is 3.27. The third-order valence-corrected chi connectivity index (χ3v) is 6.25. The molecular formula is C17H17BrN2O2S. The van der Waals surface area contributed by atoms with Gasteiger partial charge in [0.15, 0.2) is 5.69 Å². The number of benzene rings is 1. The maximum atomic E-state index is 13.0. The van der Waals surface area contributed by atoms with Gasteiger partial charge in [-0.25, -0.2) is 0 Å². The minimum Gasteiger partial charge on any atom is -0.360 e. The first kappa shape index (κ1) is 15.3. The van der Waals surface area contributed by atoms with Crippen molar-refractivity contribution >= 4 is 33.6 Å². The molecule has 0 spiro atoms. The molecule has 2 heterocycles. The number of halogens is 1. The summed E-state index contributed by atoms with van der Waals surface area (Å²) < 4.78 is 6.46. The van der Waals surface area contributed by atoms with Crippen molar-refractivity contribution in [1.82, 2.24) is 10.1 Å². The Hall–Kier alpha value is -1.27. The first-order chi connectivity index (χ1) is 11.2. The molecule has 2 aromatic rings. The molecular weight excluding hydrogens is 376 g/mol. The lowest BCUT2D eigenvalue weighted by atomic mass is 9.96. The van der Waals surface area contributed by atoms with Crippen molar-refractivity contribution in [2.45, 2.75) is 31.1 Å². The number of rotatable bonds is 2. The van der Waals surface area contributed by atoms with Gasteiger partial charge in [0, 0.05) is 28.8 Å². The molecule has 2 aliphatic rings. The van der Waals surface area contributed by atoms with Crippen LogP contribution in [0, 0.1) is 0 Å². The molecule has 1 aliphatic heterocycles. The molecule has 0 N–H and O–H groups in total. The molecule has 6 heteroatoms. The molecule has 1 unspecified atom stereocenters. The molecule has 23 heavy (non-hydrogen) atoms. The average molecular weight is 393 g/mol. The Labute approximate surface area is 147 Å². The highest BCUT2D eigenvalue weighted by molar-refractivity contribution is 9.10. The van der Waals surface area contributed by atoms with E-state index >= 15 is 0 Å². The first-order valence-electron chi connectivity index (χ1n) is 7.89. The van der Waals surface area contributed by atoms with Gasteiger partial charge in [0.25, 0.3) is 5.91 Å². The number of carbonyl (C=O) groups is 1. The summed E-state index contributed by atoms with van der Waals surface area (Å²) in [4.78, 5) is 14.9. The van der Waals surface area contributed by atoms with Crippen LogP contribution in [0.3, 0.4) is 0 Å². The fraction of sp³-hybridized carbons (Fsp3) is 0.412. The van der Waals surface area contributed by atoms with E-state index in [0.717, 1.165) is 59.3 Å². The summed E-state index contributed by atoms with van der Waals surface area (Å²) >= 11 is 5.26. The normalized spacial score (nSPS) is 20.6. The molecule has 1 aliphatic carbocycles. The zero-order chi connectivity index (χ0) is 15.8. The van der Waals surface area contributed by atoms with Crippen LogP contribution in [0.15, 0.2) is 33.3 Å². The molecule has 1 atom stereocenters. The SMILES string of the molecule is O=C(c1noc2c1CCCC2)N1CCSC1c1ccc(Br)cc1. The van der Waals surface area contributed by atoms with E-state index in [0.29, 0.717) is 5.69 Å². The molecule has 120 valence electrons. The van der Waals surface area contributed by atoms with Crippen LogP contribution in [0.1, 0.15) is 45.6 Å². The van der Waals surface area contributed by atoms with Gasteiger partial charge in [0.2, 0.25) is 0 Å². The van der Waals surface area contributed by atoms with Crippen molar-refractivity contribution in [3.8, 4) is 0 Å². The third kappa shape index (κ3) is 2.83. The average Bonchev–Trinajstić information content (AvgIpc) is 3.22. The minimum absolute atomic E-state index is 0.00909. The van der Waals surface area contributed by atoms with Gasteiger partial charge in [-0.1, -0.05) is 33.2 Å². The predicted molar refractivity (Wildman–Crippen MR) is 93.5 cm³/mol. The Balaban J connectivity index is 1.62. The zero-order valence-electron chi connectivity index (χ0n) is 12.6. The largest absolute Gasteiger partial charge is 0.360 e. The number of aryl methyl sites for hydroxylation is 1. The topological polar surface area (TPSA) is 46.3 Å². The number of hydrogen-bond donors (Lipinski definition) is 0. The van der Waals surface area contributed by atoms with Crippen LogP contribution in [-0.2, 0) is 12.8 Å². The molecule has 1 amide bonds. The number of carbonyl (C=O) groups excluding carboxylic acids is 1. The molecule has 4 nitrogen and oxygen atoms in total. The number of aromatic nitrogens is 1. The van der Waals surface area contributed by atoms with E-state index in [1.165, 1.54) is 0 Å². The van der Waals surface area contributed by atoms with Crippen molar-refractivity contribution in [3.05, 3.63) is 51.3 Å². The van der Waals surface area contributed by atoms with E-state index in [4.69, 9.17) is 4.52 Å². The van der Waals surface area contributed by atoms with E-state index in [9.17, 15) is 4.79 Å². The van der Waals surface area contributed by atoms with Crippen molar-refractivity contribution in [3.63, 3.8) is 0 Å². The van der Waals surface area contributed by atoms with Gasteiger partial charge in [-0.05, 0) is 37.0 Å². The summed E-state index contributed by atoms with van der Waals surface area (Å²) in [6, 6.07) is 8.20. The second kappa shape index (κ2) is 6.32. The van der Waals surface area contributed by atoms with E-state index in [2.05, 4.69) is 33.2 Å². The van der Waals surface area contributed by atoms with Crippen LogP contribution in [0.25, 0.3) is 0 Å². The molecule has 4 rings (SSSR count). The lowest BCUT2D eigenvalue weighted by Crippen LogP contribution is -2.31. The summed E-state index contributed by atoms with van der Waals surface area (Å²) in [6.07, 6.45) is 4.04. The number of hydrogen-bond acceptors (Lipinski definition) is 4. The van der Waals surface area contributed by atoms with Crippen LogP contribution >= 0.6 is 27.7 Å². The molecule has 0 saturated carbocycles. The standard InChI is InChI=1S/C17H17BrN2O2S/c18-12-7-5-11(6-8-12)17-20(9-10-23-17)16(21)15-13-3-1-2-4-14(13)22-19-15/h5-8,17H,1-4,9-10H2. The summed E-state index contributed by atoms with van der Waals surface area (Å²) in [7, 11) is 0. The second-order valence-electron chi connectivity index (χ2n) is 5.91. The second-order valence-corrected chi connectivity index (χ2v) is 8.02. The van der Waals surface area contributed by atoms with Crippen LogP contribution in [0.5, 0.6) is 0 Å². The van der Waals surface area contributed by atoms with Gasteiger partial charge < -0.3 is 9.42 Å². The van der Waals surface area contributed by atoms with Gasteiger partial charge in [-0.15, -0.1) is 11.8 Å². The quantitative estimate of drug-likeness (QED) is 0.767. The summed E-state index contributed by atoms with van der Waals surface area (Å²) in [6.45, 7) is 0.756. The number of nitrogens with zero attached hydrogens (tertiary/aromatic N) is 2. The summed E-state index contributed by atoms with van der Waals surface area (Å²) in [5.41, 5.74) is 2.72. The molecule has 1 aromatic carbocycles. The van der Waals surface area contributed by atoms with Crippen molar-refractivity contribution in [2.75, 3.05) is 12.3 Å². The minimum atomic E-state index is 0.00909. The van der Waals surface area contributed by atoms with E-state index in [1.54, 1.807) is 11.8 Å². The van der Waals surface area contributed by atoms with Crippen molar-refractivity contribution in [2.24, 2.45) is 0 Å². The van der Waals surface area contributed by atoms with Crippen LogP contribution < -0.4 is 0 Å². The lowest BCUT2D eigenvalue weighted by molar-refractivity contribution is 0.0749. The van der Waals surface area contributed by atoms with Crippen molar-refractivity contribution < 1.29 is 9.32 Å². The predicted octanol–water partition coefficient (Wildman–Crippen LogP) is 4.20. The van der Waals surface area contributed by atoms with Crippen LogP contribution in [-0.4, -0.2) is 28.3 Å². The molecule has 1 saturated heterocycles. The number of fused-ring (bicyclic) bond motifs is 1. The molecule has 0 bridgehead atoms. The fourth-order valence-corrected chi connectivity index (χ4v) is 4.79. The molecule has 0 radical (unpaired) electrons. The van der Waals surface area contributed by atoms with Gasteiger partial charge in [0.05, 0.1) is 0 Å². The Bertz CT molecular complexity index is 729. The summed E-state index contributed by atoms with van der Waals surface area (Å²) in [5.74, 6) is 1.87. The maximum absolute atomic E-state index is 13.0. The molecule has 1 fully saturated rings. The first-order valence-corrected chi connectivity index (χ1v) is 9.73. The van der Waals surface area contributed by atoms with E-state index in [-0.39, 0.29) is 11.3 Å². The lowest BCUT2D eigenvalue weighted by Gasteiger charge is -2.24.